The number of rotatable bonds is 2. The minimum Gasteiger partial charge on any atom is -0.465 e. The number of fused-ring (bicyclic) bond motifs is 1. The van der Waals surface area contributed by atoms with Crippen LogP contribution < -0.4 is 0 Å². The third kappa shape index (κ3) is 2.16. The molecule has 0 saturated heterocycles. The van der Waals surface area contributed by atoms with E-state index in [1.165, 1.54) is 12.7 Å². The van der Waals surface area contributed by atoms with Gasteiger partial charge in [-0.05, 0) is 28.7 Å². The van der Waals surface area contributed by atoms with E-state index in [-0.39, 0.29) is 5.97 Å². The molecule has 0 saturated carbocycles. The van der Waals surface area contributed by atoms with Crippen LogP contribution >= 0.6 is 0 Å². The van der Waals surface area contributed by atoms with Gasteiger partial charge in [-0.15, -0.1) is 0 Å². The number of carbonyl (C=O) groups excluding carboxylic acids is 1. The van der Waals surface area contributed by atoms with Gasteiger partial charge in [0.1, 0.15) is 0 Å². The lowest BCUT2D eigenvalue weighted by Gasteiger charge is -2.00. The molecule has 2 nitrogen and oxygen atoms in total. The van der Waals surface area contributed by atoms with Crippen molar-refractivity contribution >= 4 is 5.97 Å². The Morgan fingerprint density at radius 1 is 1.06 bits per heavy atom. The Morgan fingerprint density at radius 2 is 1.71 bits per heavy atom. The molecule has 0 aromatic carbocycles. The standard InChI is InChI=1S/C15H16O2/c1-10(2)11-4-5-12-7-9-14(15(16)17-3)13(12)8-6-11/h4-10H,1-3H3. The molecule has 0 fully saturated rings. The summed E-state index contributed by atoms with van der Waals surface area (Å²) in [7, 11) is 1.41. The molecule has 88 valence electrons. The molecular formula is C15H16O2. The molecule has 0 amide bonds. The largest absolute Gasteiger partial charge is 0.465 e. The van der Waals surface area contributed by atoms with Crippen LogP contribution in [0.3, 0.4) is 0 Å². The molecule has 2 aliphatic rings. The van der Waals surface area contributed by atoms with Crippen molar-refractivity contribution < 1.29 is 9.53 Å². The summed E-state index contributed by atoms with van der Waals surface area (Å²) < 4.78 is 4.77. The predicted molar refractivity (Wildman–Crippen MR) is 68.5 cm³/mol. The summed E-state index contributed by atoms with van der Waals surface area (Å²) in [5.74, 6) is 0.199. The molecule has 2 heteroatoms. The predicted octanol–water partition coefficient (Wildman–Crippen LogP) is 3.70. The van der Waals surface area contributed by atoms with E-state index < -0.39 is 0 Å². The first kappa shape index (κ1) is 11.6. The summed E-state index contributed by atoms with van der Waals surface area (Å²) in [5.41, 5.74) is 3.91. The normalized spacial score (nSPS) is 10.8. The van der Waals surface area contributed by atoms with Crippen LogP contribution in [0.5, 0.6) is 0 Å². The van der Waals surface area contributed by atoms with Crippen molar-refractivity contribution in [2.75, 3.05) is 7.11 Å². The Bertz CT molecular complexity index is 515. The number of ether oxygens (including phenoxy) is 1. The van der Waals surface area contributed by atoms with Gasteiger partial charge in [0, 0.05) is 0 Å². The van der Waals surface area contributed by atoms with E-state index in [1.54, 1.807) is 0 Å². The van der Waals surface area contributed by atoms with E-state index >= 15 is 0 Å². The van der Waals surface area contributed by atoms with Gasteiger partial charge in [0.05, 0.1) is 12.7 Å². The lowest BCUT2D eigenvalue weighted by Crippen LogP contribution is -1.99. The minimum absolute atomic E-state index is 0.280. The van der Waals surface area contributed by atoms with Crippen LogP contribution in [-0.2, 0) is 4.74 Å². The highest BCUT2D eigenvalue weighted by molar-refractivity contribution is 5.98. The molecule has 0 bridgehead atoms. The van der Waals surface area contributed by atoms with Gasteiger partial charge in [-0.25, -0.2) is 4.79 Å². The van der Waals surface area contributed by atoms with E-state index in [0.29, 0.717) is 11.5 Å². The molecule has 2 rings (SSSR count). The van der Waals surface area contributed by atoms with Crippen molar-refractivity contribution in [3.63, 3.8) is 0 Å². The molecule has 0 N–H and O–H groups in total. The lowest BCUT2D eigenvalue weighted by atomic mass is 10.1. The molecule has 2 aliphatic carbocycles. The molecule has 0 aromatic rings. The van der Waals surface area contributed by atoms with Crippen molar-refractivity contribution in [3.05, 3.63) is 47.5 Å². The fraction of sp³-hybridized carbons (Fsp3) is 0.267. The van der Waals surface area contributed by atoms with Gasteiger partial charge in [0.2, 0.25) is 0 Å². The van der Waals surface area contributed by atoms with Gasteiger partial charge in [-0.2, -0.15) is 0 Å². The third-order valence-electron chi connectivity index (χ3n) is 3.00. The quantitative estimate of drug-likeness (QED) is 0.732. The fourth-order valence-corrected chi connectivity index (χ4v) is 1.93. The molecule has 0 heterocycles. The number of hydrogen-bond donors (Lipinski definition) is 0. The first-order chi connectivity index (χ1) is 8.13. The van der Waals surface area contributed by atoms with E-state index in [4.69, 9.17) is 4.74 Å². The Hall–Kier alpha value is -1.83. The topological polar surface area (TPSA) is 26.3 Å². The number of methoxy groups -OCH3 is 1. The average Bonchev–Trinajstić information content (AvgIpc) is 2.59. The molecular weight excluding hydrogens is 212 g/mol. The van der Waals surface area contributed by atoms with E-state index in [9.17, 15) is 4.79 Å². The second kappa shape index (κ2) is 4.58. The van der Waals surface area contributed by atoms with Gasteiger partial charge < -0.3 is 4.74 Å². The van der Waals surface area contributed by atoms with Gasteiger partial charge in [0.25, 0.3) is 0 Å². The maximum atomic E-state index is 11.6. The highest BCUT2D eigenvalue weighted by atomic mass is 16.5. The van der Waals surface area contributed by atoms with Gasteiger partial charge in [-0.3, -0.25) is 0 Å². The number of esters is 1. The zero-order valence-electron chi connectivity index (χ0n) is 10.4. The Morgan fingerprint density at radius 3 is 2.35 bits per heavy atom. The summed E-state index contributed by atoms with van der Waals surface area (Å²) in [5, 5.41) is 0. The highest BCUT2D eigenvalue weighted by Gasteiger charge is 2.15. The van der Waals surface area contributed by atoms with Crippen LogP contribution in [-0.4, -0.2) is 13.1 Å². The van der Waals surface area contributed by atoms with Gasteiger partial charge in [0.15, 0.2) is 0 Å². The molecule has 0 unspecified atom stereocenters. The lowest BCUT2D eigenvalue weighted by molar-refractivity contribution is 0.0602. The van der Waals surface area contributed by atoms with Crippen LogP contribution in [0.25, 0.3) is 11.1 Å². The van der Waals surface area contributed by atoms with Crippen LogP contribution in [0.15, 0.2) is 36.4 Å². The maximum Gasteiger partial charge on any atom is 0.338 e. The van der Waals surface area contributed by atoms with Gasteiger partial charge >= 0.3 is 5.97 Å². The summed E-state index contributed by atoms with van der Waals surface area (Å²) >= 11 is 0. The first-order valence-corrected chi connectivity index (χ1v) is 5.74. The van der Waals surface area contributed by atoms with Crippen molar-refractivity contribution in [1.82, 2.24) is 0 Å². The smallest absolute Gasteiger partial charge is 0.338 e. The third-order valence-corrected chi connectivity index (χ3v) is 3.00. The number of hydrogen-bond acceptors (Lipinski definition) is 2. The van der Waals surface area contributed by atoms with Crippen LogP contribution in [0, 0.1) is 0 Å². The van der Waals surface area contributed by atoms with Crippen molar-refractivity contribution in [2.24, 2.45) is 0 Å². The zero-order chi connectivity index (χ0) is 12.4. The monoisotopic (exact) mass is 228 g/mol. The maximum absolute atomic E-state index is 11.6. The zero-order valence-corrected chi connectivity index (χ0v) is 10.4. The highest BCUT2D eigenvalue weighted by Crippen LogP contribution is 2.29. The molecule has 0 radical (unpaired) electrons. The summed E-state index contributed by atoms with van der Waals surface area (Å²) in [4.78, 5) is 11.6. The van der Waals surface area contributed by atoms with Crippen LogP contribution in [0.1, 0.15) is 35.7 Å². The van der Waals surface area contributed by atoms with Crippen LogP contribution in [0.2, 0.25) is 0 Å². The van der Waals surface area contributed by atoms with Crippen molar-refractivity contribution in [1.29, 1.82) is 0 Å². The molecule has 0 aromatic heterocycles. The summed E-state index contributed by atoms with van der Waals surface area (Å²) in [6.45, 7) is 4.31. The van der Waals surface area contributed by atoms with Gasteiger partial charge in [-0.1, -0.05) is 44.2 Å². The summed E-state index contributed by atoms with van der Waals surface area (Å²) in [6, 6.07) is 12.0. The fourth-order valence-electron chi connectivity index (χ4n) is 1.93. The average molecular weight is 228 g/mol. The minimum atomic E-state index is -0.280. The summed E-state index contributed by atoms with van der Waals surface area (Å²) in [6.07, 6.45) is 0. The Balaban J connectivity index is 2.54. The van der Waals surface area contributed by atoms with E-state index in [2.05, 4.69) is 32.0 Å². The molecule has 0 spiro atoms. The second-order valence-corrected chi connectivity index (χ2v) is 4.43. The molecule has 0 aliphatic heterocycles. The first-order valence-electron chi connectivity index (χ1n) is 5.74. The Labute approximate surface area is 102 Å². The molecule has 17 heavy (non-hydrogen) atoms. The Kier molecular flexibility index (Phi) is 3.14. The second-order valence-electron chi connectivity index (χ2n) is 4.43. The van der Waals surface area contributed by atoms with E-state index in [0.717, 1.165) is 11.1 Å². The van der Waals surface area contributed by atoms with Crippen LogP contribution in [0.4, 0.5) is 0 Å². The van der Waals surface area contributed by atoms with Crippen molar-refractivity contribution in [2.45, 2.75) is 19.8 Å². The van der Waals surface area contributed by atoms with Crippen molar-refractivity contribution in [3.8, 4) is 11.1 Å². The van der Waals surface area contributed by atoms with E-state index in [1.807, 2.05) is 18.2 Å². The SMILES string of the molecule is COC(=O)c1ccc2ccc(C(C)C)ccc1-2. The molecule has 0 atom stereocenters. The number of carbonyl (C=O) groups is 1.